The molecule has 0 atom stereocenters. The van der Waals surface area contributed by atoms with Gasteiger partial charge in [0.25, 0.3) is 0 Å². The number of hydrogen-bond acceptors (Lipinski definition) is 3. The molecule has 19 heavy (non-hydrogen) atoms. The molecule has 1 aromatic heterocycles. The number of aromatic hydroxyl groups is 1. The van der Waals surface area contributed by atoms with Crippen LogP contribution in [0.5, 0.6) is 5.75 Å². The predicted molar refractivity (Wildman–Crippen MR) is 76.7 cm³/mol. The number of phenols is 1. The zero-order valence-electron chi connectivity index (χ0n) is 11.3. The third kappa shape index (κ3) is 3.44. The maximum absolute atomic E-state index is 9.94. The summed E-state index contributed by atoms with van der Waals surface area (Å²) in [5.74, 6) is 0.282. The average Bonchev–Trinajstić information content (AvgIpc) is 2.33. The minimum Gasteiger partial charge on any atom is -0.508 e. The van der Waals surface area contributed by atoms with Crippen LogP contribution in [0.15, 0.2) is 30.3 Å². The van der Waals surface area contributed by atoms with E-state index >= 15 is 0 Å². The van der Waals surface area contributed by atoms with Crippen molar-refractivity contribution in [3.05, 3.63) is 52.3 Å². The summed E-state index contributed by atoms with van der Waals surface area (Å²) < 4.78 is 0. The Morgan fingerprint density at radius 2 is 1.84 bits per heavy atom. The van der Waals surface area contributed by atoms with E-state index in [-0.39, 0.29) is 11.2 Å². The van der Waals surface area contributed by atoms with Gasteiger partial charge in [-0.1, -0.05) is 44.5 Å². The van der Waals surface area contributed by atoms with Gasteiger partial charge in [0.15, 0.2) is 5.15 Å². The van der Waals surface area contributed by atoms with Crippen LogP contribution in [0.1, 0.15) is 37.6 Å². The van der Waals surface area contributed by atoms with E-state index in [1.54, 1.807) is 12.1 Å². The highest BCUT2D eigenvalue weighted by molar-refractivity contribution is 6.29. The Kier molecular flexibility index (Phi) is 3.76. The molecule has 0 saturated carbocycles. The Bertz CT molecular complexity index is 574. The van der Waals surface area contributed by atoms with Crippen LogP contribution in [-0.2, 0) is 11.8 Å². The Balaban J connectivity index is 2.31. The SMILES string of the molecule is CC(C)(C)c1ccc(O)c(Cc2ccc(Cl)nn2)c1. The molecule has 0 fully saturated rings. The first-order chi connectivity index (χ1) is 8.86. The Morgan fingerprint density at radius 1 is 1.11 bits per heavy atom. The molecule has 0 unspecified atom stereocenters. The van der Waals surface area contributed by atoms with E-state index in [2.05, 4.69) is 31.0 Å². The molecule has 2 aromatic rings. The van der Waals surface area contributed by atoms with Crippen LogP contribution in [0, 0.1) is 0 Å². The maximum atomic E-state index is 9.94. The zero-order valence-corrected chi connectivity index (χ0v) is 12.1. The number of benzene rings is 1. The van der Waals surface area contributed by atoms with Gasteiger partial charge in [-0.05, 0) is 29.2 Å². The van der Waals surface area contributed by atoms with Crippen molar-refractivity contribution in [1.29, 1.82) is 0 Å². The predicted octanol–water partition coefficient (Wildman–Crippen LogP) is 3.72. The van der Waals surface area contributed by atoms with E-state index in [9.17, 15) is 5.11 Å². The first kappa shape index (κ1) is 13.8. The second-order valence-electron chi connectivity index (χ2n) is 5.62. The van der Waals surface area contributed by atoms with Crippen LogP contribution < -0.4 is 0 Å². The van der Waals surface area contributed by atoms with Gasteiger partial charge in [0.1, 0.15) is 5.75 Å². The third-order valence-corrected chi connectivity index (χ3v) is 3.21. The fourth-order valence-electron chi connectivity index (χ4n) is 1.83. The molecular weight excluding hydrogens is 260 g/mol. The summed E-state index contributed by atoms with van der Waals surface area (Å²) in [7, 11) is 0. The van der Waals surface area contributed by atoms with Gasteiger partial charge in [-0.3, -0.25) is 0 Å². The molecular formula is C15H17ClN2O. The molecule has 0 amide bonds. The van der Waals surface area contributed by atoms with E-state index in [0.29, 0.717) is 11.6 Å². The van der Waals surface area contributed by atoms with Crippen molar-refractivity contribution in [3.63, 3.8) is 0 Å². The van der Waals surface area contributed by atoms with Crippen molar-refractivity contribution in [2.24, 2.45) is 0 Å². The second kappa shape index (κ2) is 5.17. The number of halogens is 1. The summed E-state index contributed by atoms with van der Waals surface area (Å²) in [6.07, 6.45) is 0.542. The Labute approximate surface area is 118 Å². The molecule has 1 N–H and O–H groups in total. The summed E-state index contributed by atoms with van der Waals surface area (Å²) in [5, 5.41) is 18.1. The van der Waals surface area contributed by atoms with Gasteiger partial charge in [-0.25, -0.2) is 0 Å². The molecule has 0 aliphatic rings. The van der Waals surface area contributed by atoms with Crippen LogP contribution in [0.25, 0.3) is 0 Å². The first-order valence-electron chi connectivity index (χ1n) is 6.17. The Hall–Kier alpha value is -1.61. The van der Waals surface area contributed by atoms with E-state index < -0.39 is 0 Å². The number of rotatable bonds is 2. The normalized spacial score (nSPS) is 11.6. The van der Waals surface area contributed by atoms with Gasteiger partial charge in [0.05, 0.1) is 5.69 Å². The standard InChI is InChI=1S/C15H17ClN2O/c1-15(2,3)11-4-6-13(19)10(8-11)9-12-5-7-14(16)18-17-12/h4-8,19H,9H2,1-3H3. The minimum absolute atomic E-state index is 0.0497. The fraction of sp³-hybridized carbons (Fsp3) is 0.333. The summed E-state index contributed by atoms with van der Waals surface area (Å²) >= 11 is 5.71. The highest BCUT2D eigenvalue weighted by atomic mass is 35.5. The lowest BCUT2D eigenvalue weighted by Crippen LogP contribution is -2.11. The molecule has 4 heteroatoms. The monoisotopic (exact) mass is 276 g/mol. The second-order valence-corrected chi connectivity index (χ2v) is 6.00. The molecule has 100 valence electrons. The number of aromatic nitrogens is 2. The van der Waals surface area contributed by atoms with E-state index in [1.807, 2.05) is 18.2 Å². The van der Waals surface area contributed by atoms with Crippen LogP contribution in [-0.4, -0.2) is 15.3 Å². The maximum Gasteiger partial charge on any atom is 0.151 e. The lowest BCUT2D eigenvalue weighted by atomic mass is 9.85. The zero-order chi connectivity index (χ0) is 14.0. The van der Waals surface area contributed by atoms with Gasteiger partial charge >= 0.3 is 0 Å². The smallest absolute Gasteiger partial charge is 0.151 e. The van der Waals surface area contributed by atoms with Gasteiger partial charge in [-0.2, -0.15) is 5.10 Å². The highest BCUT2D eigenvalue weighted by Gasteiger charge is 2.15. The number of phenolic OH excluding ortho intramolecular Hbond substituents is 1. The van der Waals surface area contributed by atoms with Crippen molar-refractivity contribution in [3.8, 4) is 5.75 Å². The highest BCUT2D eigenvalue weighted by Crippen LogP contribution is 2.28. The van der Waals surface area contributed by atoms with Gasteiger partial charge < -0.3 is 5.11 Å². The van der Waals surface area contributed by atoms with E-state index in [4.69, 9.17) is 11.6 Å². The third-order valence-electron chi connectivity index (χ3n) is 3.00. The summed E-state index contributed by atoms with van der Waals surface area (Å²) in [6, 6.07) is 9.23. The topological polar surface area (TPSA) is 46.0 Å². The number of nitrogens with zero attached hydrogens (tertiary/aromatic N) is 2. The molecule has 1 heterocycles. The van der Waals surface area contributed by atoms with Crippen LogP contribution in [0.4, 0.5) is 0 Å². The van der Waals surface area contributed by atoms with Gasteiger partial charge in [-0.15, -0.1) is 5.10 Å². The molecule has 2 rings (SSSR count). The van der Waals surface area contributed by atoms with Crippen molar-refractivity contribution < 1.29 is 5.11 Å². The molecule has 0 aliphatic carbocycles. The molecule has 1 aromatic carbocycles. The van der Waals surface area contributed by atoms with Crippen LogP contribution in [0.2, 0.25) is 5.15 Å². The molecule has 0 aliphatic heterocycles. The molecule has 0 bridgehead atoms. The van der Waals surface area contributed by atoms with Crippen molar-refractivity contribution in [2.75, 3.05) is 0 Å². The van der Waals surface area contributed by atoms with Crippen molar-refractivity contribution in [2.45, 2.75) is 32.6 Å². The quantitative estimate of drug-likeness (QED) is 0.909. The van der Waals surface area contributed by atoms with Crippen LogP contribution >= 0.6 is 11.6 Å². The lowest BCUT2D eigenvalue weighted by Gasteiger charge is -2.20. The van der Waals surface area contributed by atoms with Crippen molar-refractivity contribution >= 4 is 11.6 Å². The van der Waals surface area contributed by atoms with E-state index in [0.717, 1.165) is 11.3 Å². The fourth-order valence-corrected chi connectivity index (χ4v) is 1.93. The minimum atomic E-state index is 0.0497. The number of hydrogen-bond donors (Lipinski definition) is 1. The first-order valence-corrected chi connectivity index (χ1v) is 6.54. The van der Waals surface area contributed by atoms with Gasteiger partial charge in [0, 0.05) is 12.0 Å². The molecule has 3 nitrogen and oxygen atoms in total. The summed E-state index contributed by atoms with van der Waals surface area (Å²) in [4.78, 5) is 0. The summed E-state index contributed by atoms with van der Waals surface area (Å²) in [6.45, 7) is 6.43. The van der Waals surface area contributed by atoms with E-state index in [1.165, 1.54) is 5.56 Å². The molecule has 0 spiro atoms. The van der Waals surface area contributed by atoms with Gasteiger partial charge in [0.2, 0.25) is 0 Å². The molecule has 0 saturated heterocycles. The largest absolute Gasteiger partial charge is 0.508 e. The Morgan fingerprint density at radius 3 is 2.42 bits per heavy atom. The lowest BCUT2D eigenvalue weighted by molar-refractivity contribution is 0.467. The summed E-state index contributed by atoms with van der Waals surface area (Å²) in [5.41, 5.74) is 2.87. The molecule has 0 radical (unpaired) electrons. The van der Waals surface area contributed by atoms with Crippen molar-refractivity contribution in [1.82, 2.24) is 10.2 Å². The van der Waals surface area contributed by atoms with Crippen LogP contribution in [0.3, 0.4) is 0 Å². The average molecular weight is 277 g/mol.